The molecular weight excluding hydrogens is 248 g/mol. The molecule has 2 aliphatic rings. The molecule has 0 bridgehead atoms. The van der Waals surface area contributed by atoms with Crippen molar-refractivity contribution in [3.8, 4) is 0 Å². The molecule has 0 aromatic rings. The third kappa shape index (κ3) is 5.01. The second kappa shape index (κ2) is 7.24. The van der Waals surface area contributed by atoms with Crippen molar-refractivity contribution < 1.29 is 4.74 Å². The maximum Gasteiger partial charge on any atom is 0.0547 e. The molecule has 1 unspecified atom stereocenters. The van der Waals surface area contributed by atoms with Gasteiger partial charge in [-0.15, -0.1) is 0 Å². The summed E-state index contributed by atoms with van der Waals surface area (Å²) in [6.07, 6.45) is 4.03. The Hall–Kier alpha value is -0.120. The van der Waals surface area contributed by atoms with Crippen molar-refractivity contribution in [3.05, 3.63) is 0 Å². The molecule has 1 aliphatic carbocycles. The summed E-state index contributed by atoms with van der Waals surface area (Å²) < 4.78 is 5.76. The SMILES string of the molecule is CC(C)CNCC1(CN(CC(C)C)C2CC2)CCOC1. The van der Waals surface area contributed by atoms with Crippen LogP contribution in [-0.2, 0) is 4.74 Å². The van der Waals surface area contributed by atoms with Gasteiger partial charge >= 0.3 is 0 Å². The predicted molar refractivity (Wildman–Crippen MR) is 85.0 cm³/mol. The van der Waals surface area contributed by atoms with E-state index in [4.69, 9.17) is 4.74 Å². The van der Waals surface area contributed by atoms with Gasteiger partial charge in [0.2, 0.25) is 0 Å². The molecular formula is C17H34N2O. The van der Waals surface area contributed by atoms with Gasteiger partial charge in [-0.25, -0.2) is 0 Å². The summed E-state index contributed by atoms with van der Waals surface area (Å²) in [6.45, 7) is 15.8. The third-order valence-corrected chi connectivity index (χ3v) is 4.44. The lowest BCUT2D eigenvalue weighted by atomic mass is 9.86. The van der Waals surface area contributed by atoms with E-state index in [2.05, 4.69) is 37.9 Å². The first-order valence-electron chi connectivity index (χ1n) is 8.53. The highest BCUT2D eigenvalue weighted by atomic mass is 16.5. The Kier molecular flexibility index (Phi) is 5.88. The first-order valence-corrected chi connectivity index (χ1v) is 8.53. The Morgan fingerprint density at radius 2 is 1.95 bits per heavy atom. The summed E-state index contributed by atoms with van der Waals surface area (Å²) in [5.74, 6) is 1.49. The van der Waals surface area contributed by atoms with Crippen molar-refractivity contribution >= 4 is 0 Å². The molecule has 1 saturated carbocycles. The second-order valence-electron chi connectivity index (χ2n) is 7.88. The molecule has 0 spiro atoms. The predicted octanol–water partition coefficient (Wildman–Crippen LogP) is 2.76. The quantitative estimate of drug-likeness (QED) is 0.704. The first kappa shape index (κ1) is 16.3. The topological polar surface area (TPSA) is 24.5 Å². The van der Waals surface area contributed by atoms with E-state index in [1.54, 1.807) is 0 Å². The summed E-state index contributed by atoms with van der Waals surface area (Å²) in [5.41, 5.74) is 0.354. The van der Waals surface area contributed by atoms with Crippen molar-refractivity contribution in [2.75, 3.05) is 39.4 Å². The van der Waals surface area contributed by atoms with E-state index in [1.807, 2.05) is 0 Å². The molecule has 0 radical (unpaired) electrons. The zero-order chi connectivity index (χ0) is 14.6. The van der Waals surface area contributed by atoms with E-state index in [0.29, 0.717) is 5.41 Å². The summed E-state index contributed by atoms with van der Waals surface area (Å²) >= 11 is 0. The standard InChI is InChI=1S/C17H34N2O/c1-14(2)9-18-11-17(7-8-20-13-17)12-19(10-15(3)4)16-5-6-16/h14-16,18H,5-13H2,1-4H3. The lowest BCUT2D eigenvalue weighted by Gasteiger charge is -2.36. The van der Waals surface area contributed by atoms with Gasteiger partial charge in [0.1, 0.15) is 0 Å². The third-order valence-electron chi connectivity index (χ3n) is 4.44. The summed E-state index contributed by atoms with van der Waals surface area (Å²) in [7, 11) is 0. The fourth-order valence-electron chi connectivity index (χ4n) is 3.28. The van der Waals surface area contributed by atoms with Crippen LogP contribution in [0.3, 0.4) is 0 Å². The lowest BCUT2D eigenvalue weighted by Crippen LogP contribution is -2.47. The maximum absolute atomic E-state index is 5.76. The molecule has 2 rings (SSSR count). The van der Waals surface area contributed by atoms with E-state index < -0.39 is 0 Å². The maximum atomic E-state index is 5.76. The van der Waals surface area contributed by atoms with Crippen LogP contribution in [0.1, 0.15) is 47.0 Å². The van der Waals surface area contributed by atoms with Gasteiger partial charge < -0.3 is 10.1 Å². The number of rotatable bonds is 9. The van der Waals surface area contributed by atoms with E-state index in [9.17, 15) is 0 Å². The molecule has 1 atom stereocenters. The van der Waals surface area contributed by atoms with E-state index in [-0.39, 0.29) is 0 Å². The fourth-order valence-corrected chi connectivity index (χ4v) is 3.28. The number of hydrogen-bond donors (Lipinski definition) is 1. The molecule has 0 amide bonds. The lowest BCUT2D eigenvalue weighted by molar-refractivity contribution is 0.0974. The van der Waals surface area contributed by atoms with Crippen molar-refractivity contribution in [1.82, 2.24) is 10.2 Å². The van der Waals surface area contributed by atoms with Crippen molar-refractivity contribution in [3.63, 3.8) is 0 Å². The van der Waals surface area contributed by atoms with Crippen LogP contribution in [0.4, 0.5) is 0 Å². The number of nitrogens with one attached hydrogen (secondary N) is 1. The number of hydrogen-bond acceptors (Lipinski definition) is 3. The molecule has 1 saturated heterocycles. The molecule has 1 heterocycles. The van der Waals surface area contributed by atoms with E-state index in [0.717, 1.165) is 44.2 Å². The zero-order valence-electron chi connectivity index (χ0n) is 14.0. The Morgan fingerprint density at radius 3 is 2.45 bits per heavy atom. The van der Waals surface area contributed by atoms with Gasteiger partial charge in [0.05, 0.1) is 6.61 Å². The van der Waals surface area contributed by atoms with Crippen LogP contribution in [0.5, 0.6) is 0 Å². The molecule has 1 N–H and O–H groups in total. The number of ether oxygens (including phenoxy) is 1. The van der Waals surface area contributed by atoms with Gasteiger partial charge in [-0.1, -0.05) is 27.7 Å². The van der Waals surface area contributed by atoms with E-state index in [1.165, 1.54) is 32.4 Å². The van der Waals surface area contributed by atoms with Crippen LogP contribution < -0.4 is 5.32 Å². The molecule has 3 heteroatoms. The summed E-state index contributed by atoms with van der Waals surface area (Å²) in [5, 5.41) is 3.68. The molecule has 118 valence electrons. The largest absolute Gasteiger partial charge is 0.381 e. The van der Waals surface area contributed by atoms with Crippen LogP contribution in [0, 0.1) is 17.3 Å². The minimum absolute atomic E-state index is 0.354. The molecule has 3 nitrogen and oxygen atoms in total. The van der Waals surface area contributed by atoms with Crippen molar-refractivity contribution in [2.24, 2.45) is 17.3 Å². The summed E-state index contributed by atoms with van der Waals surface area (Å²) in [4.78, 5) is 2.75. The van der Waals surface area contributed by atoms with Crippen LogP contribution in [0.2, 0.25) is 0 Å². The molecule has 20 heavy (non-hydrogen) atoms. The highest BCUT2D eigenvalue weighted by molar-refractivity contribution is 4.93. The second-order valence-corrected chi connectivity index (χ2v) is 7.88. The fraction of sp³-hybridized carbons (Fsp3) is 1.00. The highest BCUT2D eigenvalue weighted by Crippen LogP contribution is 2.35. The van der Waals surface area contributed by atoms with Crippen LogP contribution in [0.15, 0.2) is 0 Å². The summed E-state index contributed by atoms with van der Waals surface area (Å²) in [6, 6.07) is 0.861. The number of nitrogens with zero attached hydrogens (tertiary/aromatic N) is 1. The average molecular weight is 282 g/mol. The minimum Gasteiger partial charge on any atom is -0.381 e. The Bertz CT molecular complexity index is 281. The van der Waals surface area contributed by atoms with Crippen molar-refractivity contribution in [2.45, 2.75) is 53.0 Å². The monoisotopic (exact) mass is 282 g/mol. The smallest absolute Gasteiger partial charge is 0.0547 e. The van der Waals surface area contributed by atoms with Crippen molar-refractivity contribution in [1.29, 1.82) is 0 Å². The van der Waals surface area contributed by atoms with Gasteiger partial charge in [-0.2, -0.15) is 0 Å². The zero-order valence-corrected chi connectivity index (χ0v) is 14.0. The van der Waals surface area contributed by atoms with Gasteiger partial charge in [-0.05, 0) is 37.6 Å². The van der Waals surface area contributed by atoms with Crippen LogP contribution >= 0.6 is 0 Å². The average Bonchev–Trinajstić information content (AvgIpc) is 3.10. The molecule has 0 aromatic heterocycles. The first-order chi connectivity index (χ1) is 9.51. The van der Waals surface area contributed by atoms with Gasteiger partial charge in [0.15, 0.2) is 0 Å². The van der Waals surface area contributed by atoms with E-state index >= 15 is 0 Å². The Morgan fingerprint density at radius 1 is 1.20 bits per heavy atom. The normalized spacial score (nSPS) is 27.1. The minimum atomic E-state index is 0.354. The molecule has 2 fully saturated rings. The highest BCUT2D eigenvalue weighted by Gasteiger charge is 2.40. The van der Waals surface area contributed by atoms with Crippen LogP contribution in [-0.4, -0.2) is 50.3 Å². The van der Waals surface area contributed by atoms with Gasteiger partial charge in [0.25, 0.3) is 0 Å². The van der Waals surface area contributed by atoms with Gasteiger partial charge in [-0.3, -0.25) is 4.90 Å². The molecule has 1 aliphatic heterocycles. The molecule has 0 aromatic carbocycles. The Labute approximate surface area is 125 Å². The van der Waals surface area contributed by atoms with Gasteiger partial charge in [0, 0.05) is 37.7 Å². The Balaban J connectivity index is 1.89. The van der Waals surface area contributed by atoms with Crippen LogP contribution in [0.25, 0.3) is 0 Å².